The summed E-state index contributed by atoms with van der Waals surface area (Å²) in [5.74, 6) is 0. The third kappa shape index (κ3) is 2.33. The van der Waals surface area contributed by atoms with E-state index in [2.05, 4.69) is 21.8 Å². The molecule has 0 aliphatic heterocycles. The van der Waals surface area contributed by atoms with Crippen LogP contribution in [0.1, 0.15) is 17.4 Å². The van der Waals surface area contributed by atoms with E-state index in [9.17, 15) is 0 Å². The average Bonchev–Trinajstić information content (AvgIpc) is 2.48. The Labute approximate surface area is 85.3 Å². The molecule has 0 amide bonds. The largest absolute Gasteiger partial charge is 0.382 e. The van der Waals surface area contributed by atoms with E-state index < -0.39 is 0 Å². The number of hydrogen-bond donors (Lipinski definition) is 1. The number of likely N-dealkylation sites (N-methyl/N-ethyl adjacent to an activating group) is 1. The molecular formula is C10H19N3O. The standard InChI is InChI=1S/C10H19N3O/c1-8-9(2)13(7-12-8)10(5-11-3)6-14-4/h7,10-11H,5-6H2,1-4H3. The first-order chi connectivity index (χ1) is 6.70. The average molecular weight is 197 g/mol. The molecule has 4 heteroatoms. The lowest BCUT2D eigenvalue weighted by Crippen LogP contribution is -2.26. The van der Waals surface area contributed by atoms with Gasteiger partial charge in [0.1, 0.15) is 0 Å². The summed E-state index contributed by atoms with van der Waals surface area (Å²) in [6.07, 6.45) is 1.88. The number of methoxy groups -OCH3 is 1. The lowest BCUT2D eigenvalue weighted by atomic mass is 10.2. The second kappa shape index (κ2) is 5.12. The van der Waals surface area contributed by atoms with Crippen molar-refractivity contribution in [1.29, 1.82) is 0 Å². The van der Waals surface area contributed by atoms with Crippen molar-refractivity contribution < 1.29 is 4.74 Å². The Morgan fingerprint density at radius 2 is 2.29 bits per heavy atom. The molecule has 1 heterocycles. The fraction of sp³-hybridized carbons (Fsp3) is 0.700. The molecule has 1 aromatic heterocycles. The van der Waals surface area contributed by atoms with Crippen LogP contribution in [0.15, 0.2) is 6.33 Å². The van der Waals surface area contributed by atoms with Crippen molar-refractivity contribution in [3.05, 3.63) is 17.7 Å². The van der Waals surface area contributed by atoms with Crippen molar-refractivity contribution in [2.75, 3.05) is 27.3 Å². The normalized spacial score (nSPS) is 13.1. The fourth-order valence-electron chi connectivity index (χ4n) is 1.55. The number of nitrogens with one attached hydrogen (secondary N) is 1. The SMILES string of the molecule is CNCC(COC)n1cnc(C)c1C. The van der Waals surface area contributed by atoms with E-state index in [1.807, 2.05) is 20.3 Å². The zero-order valence-corrected chi connectivity index (χ0v) is 9.37. The van der Waals surface area contributed by atoms with Gasteiger partial charge in [-0.2, -0.15) is 0 Å². The molecule has 0 saturated carbocycles. The Kier molecular flexibility index (Phi) is 4.10. The molecule has 1 unspecified atom stereocenters. The highest BCUT2D eigenvalue weighted by molar-refractivity contribution is 5.09. The highest BCUT2D eigenvalue weighted by Gasteiger charge is 2.12. The molecule has 0 bridgehead atoms. The first-order valence-corrected chi connectivity index (χ1v) is 4.84. The number of hydrogen-bond acceptors (Lipinski definition) is 3. The third-order valence-electron chi connectivity index (χ3n) is 2.48. The number of aryl methyl sites for hydroxylation is 1. The number of aromatic nitrogens is 2. The Morgan fingerprint density at radius 1 is 1.57 bits per heavy atom. The van der Waals surface area contributed by atoms with E-state index in [0.29, 0.717) is 12.6 Å². The third-order valence-corrected chi connectivity index (χ3v) is 2.48. The highest BCUT2D eigenvalue weighted by Crippen LogP contribution is 2.12. The van der Waals surface area contributed by atoms with Gasteiger partial charge in [-0.1, -0.05) is 0 Å². The van der Waals surface area contributed by atoms with Crippen LogP contribution in [0.2, 0.25) is 0 Å². The molecule has 0 spiro atoms. The van der Waals surface area contributed by atoms with Crippen LogP contribution < -0.4 is 5.32 Å². The molecule has 0 aliphatic rings. The molecule has 0 aliphatic carbocycles. The molecule has 80 valence electrons. The van der Waals surface area contributed by atoms with Gasteiger partial charge in [-0.05, 0) is 20.9 Å². The van der Waals surface area contributed by atoms with Crippen molar-refractivity contribution >= 4 is 0 Å². The summed E-state index contributed by atoms with van der Waals surface area (Å²) in [5, 5.41) is 3.16. The Hall–Kier alpha value is -0.870. The van der Waals surface area contributed by atoms with E-state index in [1.165, 1.54) is 5.69 Å². The summed E-state index contributed by atoms with van der Waals surface area (Å²) in [6.45, 7) is 5.71. The van der Waals surface area contributed by atoms with E-state index in [-0.39, 0.29) is 0 Å². The maximum atomic E-state index is 5.19. The summed E-state index contributed by atoms with van der Waals surface area (Å²) in [6, 6.07) is 0.325. The summed E-state index contributed by atoms with van der Waals surface area (Å²) < 4.78 is 7.35. The Balaban J connectivity index is 2.81. The minimum atomic E-state index is 0.325. The molecule has 0 saturated heterocycles. The molecule has 1 N–H and O–H groups in total. The lowest BCUT2D eigenvalue weighted by molar-refractivity contribution is 0.154. The van der Waals surface area contributed by atoms with Crippen LogP contribution in [0.3, 0.4) is 0 Å². The summed E-state index contributed by atoms with van der Waals surface area (Å²) in [4.78, 5) is 4.28. The minimum Gasteiger partial charge on any atom is -0.382 e. The van der Waals surface area contributed by atoms with Crippen molar-refractivity contribution in [2.24, 2.45) is 0 Å². The summed E-state index contributed by atoms with van der Waals surface area (Å²) >= 11 is 0. The molecule has 1 atom stereocenters. The second-order valence-electron chi connectivity index (χ2n) is 3.49. The first kappa shape index (κ1) is 11.2. The maximum Gasteiger partial charge on any atom is 0.0955 e. The molecule has 4 nitrogen and oxygen atoms in total. The molecule has 0 fully saturated rings. The van der Waals surface area contributed by atoms with Gasteiger partial charge in [0.25, 0.3) is 0 Å². The van der Waals surface area contributed by atoms with E-state index in [0.717, 1.165) is 12.2 Å². The summed E-state index contributed by atoms with van der Waals surface area (Å²) in [7, 11) is 3.67. The van der Waals surface area contributed by atoms with Crippen LogP contribution in [0.5, 0.6) is 0 Å². The van der Waals surface area contributed by atoms with Gasteiger partial charge >= 0.3 is 0 Å². The fourth-order valence-corrected chi connectivity index (χ4v) is 1.55. The van der Waals surface area contributed by atoms with Crippen molar-refractivity contribution in [3.63, 3.8) is 0 Å². The van der Waals surface area contributed by atoms with Crippen LogP contribution in [0.4, 0.5) is 0 Å². The first-order valence-electron chi connectivity index (χ1n) is 4.84. The van der Waals surface area contributed by atoms with Gasteiger partial charge in [-0.25, -0.2) is 4.98 Å². The van der Waals surface area contributed by atoms with E-state index in [4.69, 9.17) is 4.74 Å². The molecule has 1 aromatic rings. The number of imidazole rings is 1. The molecular weight excluding hydrogens is 178 g/mol. The van der Waals surface area contributed by atoms with Gasteiger partial charge in [0, 0.05) is 19.3 Å². The zero-order chi connectivity index (χ0) is 10.6. The van der Waals surface area contributed by atoms with Crippen LogP contribution in [0, 0.1) is 13.8 Å². The lowest BCUT2D eigenvalue weighted by Gasteiger charge is -2.18. The van der Waals surface area contributed by atoms with E-state index >= 15 is 0 Å². The molecule has 0 aromatic carbocycles. The molecule has 1 rings (SSSR count). The monoisotopic (exact) mass is 197 g/mol. The van der Waals surface area contributed by atoms with Crippen LogP contribution >= 0.6 is 0 Å². The van der Waals surface area contributed by atoms with E-state index in [1.54, 1.807) is 7.11 Å². The molecule has 0 radical (unpaired) electrons. The Bertz CT molecular complexity index is 277. The number of nitrogens with zero attached hydrogens (tertiary/aromatic N) is 2. The van der Waals surface area contributed by atoms with Crippen molar-refractivity contribution in [3.8, 4) is 0 Å². The number of rotatable bonds is 5. The Morgan fingerprint density at radius 3 is 2.71 bits per heavy atom. The highest BCUT2D eigenvalue weighted by atomic mass is 16.5. The minimum absolute atomic E-state index is 0.325. The van der Waals surface area contributed by atoms with Crippen molar-refractivity contribution in [2.45, 2.75) is 19.9 Å². The smallest absolute Gasteiger partial charge is 0.0955 e. The topological polar surface area (TPSA) is 39.1 Å². The van der Waals surface area contributed by atoms with Gasteiger partial charge in [-0.3, -0.25) is 0 Å². The maximum absolute atomic E-state index is 5.19. The molecule has 14 heavy (non-hydrogen) atoms. The quantitative estimate of drug-likeness (QED) is 0.762. The van der Waals surface area contributed by atoms with Gasteiger partial charge in [-0.15, -0.1) is 0 Å². The van der Waals surface area contributed by atoms with Gasteiger partial charge in [0.05, 0.1) is 24.7 Å². The van der Waals surface area contributed by atoms with Crippen molar-refractivity contribution in [1.82, 2.24) is 14.9 Å². The van der Waals surface area contributed by atoms with Gasteiger partial charge in [0.15, 0.2) is 0 Å². The predicted octanol–water partition coefficient (Wildman–Crippen LogP) is 0.907. The second-order valence-corrected chi connectivity index (χ2v) is 3.49. The summed E-state index contributed by atoms with van der Waals surface area (Å²) in [5.41, 5.74) is 2.30. The predicted molar refractivity (Wildman–Crippen MR) is 56.5 cm³/mol. The van der Waals surface area contributed by atoms with Crippen LogP contribution in [-0.2, 0) is 4.74 Å². The van der Waals surface area contributed by atoms with Gasteiger partial charge < -0.3 is 14.6 Å². The van der Waals surface area contributed by atoms with Crippen LogP contribution in [0.25, 0.3) is 0 Å². The van der Waals surface area contributed by atoms with Gasteiger partial charge in [0.2, 0.25) is 0 Å². The number of ether oxygens (including phenoxy) is 1. The zero-order valence-electron chi connectivity index (χ0n) is 9.37. The van der Waals surface area contributed by atoms with Crippen LogP contribution in [-0.4, -0.2) is 36.9 Å².